The molecule has 3 aliphatic carbocycles. The zero-order valence-electron chi connectivity index (χ0n) is 23.9. The van der Waals surface area contributed by atoms with Crippen LogP contribution in [0.15, 0.2) is 12.1 Å². The van der Waals surface area contributed by atoms with Crippen molar-refractivity contribution in [1.82, 2.24) is 0 Å². The number of ketones is 1. The van der Waals surface area contributed by atoms with Gasteiger partial charge in [-0.1, -0.05) is 33.8 Å². The van der Waals surface area contributed by atoms with Crippen LogP contribution in [0.25, 0.3) is 0 Å². The molecule has 0 aromatic heterocycles. The molecule has 3 fully saturated rings. The highest BCUT2D eigenvalue weighted by Gasteiger charge is 2.69. The molecular weight excluding hydrogens is 518 g/mol. The number of hydrogen-bond acceptors (Lipinski definition) is 7. The van der Waals surface area contributed by atoms with Gasteiger partial charge in [0.2, 0.25) is 0 Å². The van der Waals surface area contributed by atoms with Crippen molar-refractivity contribution in [3.05, 3.63) is 23.5 Å². The lowest BCUT2D eigenvalue weighted by molar-refractivity contribution is -0.194. The summed E-state index contributed by atoms with van der Waals surface area (Å²) in [7, 11) is 0.207. The SMILES string of the molecule is CO[C@@H]1CC[C@@]23CC[C@@H](C)[C@](C)([C@H](C(Oc4ccc5c(c4F)B(O)OC5)C(=O)O)C[C@@](C)(CC=O)C(=O)[C@@H]2C)[C@@H]13. The number of Topliss-reactive ketones (excluding diaryl/α,β-unsaturated/α-hetero) is 1. The number of aliphatic carboxylic acids is 1. The van der Waals surface area contributed by atoms with Gasteiger partial charge in [0.1, 0.15) is 12.1 Å². The molecule has 5 rings (SSSR count). The second-order valence-corrected chi connectivity index (χ2v) is 13.1. The van der Waals surface area contributed by atoms with Crippen LogP contribution in [0.1, 0.15) is 71.8 Å². The van der Waals surface area contributed by atoms with Crippen molar-refractivity contribution >= 4 is 30.6 Å². The second-order valence-electron chi connectivity index (χ2n) is 13.1. The molecule has 2 N–H and O–H groups in total. The van der Waals surface area contributed by atoms with E-state index in [-0.39, 0.29) is 60.3 Å². The molecule has 0 amide bonds. The van der Waals surface area contributed by atoms with Crippen molar-refractivity contribution in [3.8, 4) is 5.75 Å². The summed E-state index contributed by atoms with van der Waals surface area (Å²) in [6.07, 6.45) is 2.30. The number of carboxylic acids is 1. The van der Waals surface area contributed by atoms with E-state index in [9.17, 15) is 24.5 Å². The average molecular weight is 558 g/mol. The zero-order chi connectivity index (χ0) is 29.2. The minimum Gasteiger partial charge on any atom is -0.478 e. The van der Waals surface area contributed by atoms with Gasteiger partial charge in [-0.2, -0.15) is 0 Å². The fraction of sp³-hybridized carbons (Fsp3) is 0.700. The fourth-order valence-corrected chi connectivity index (χ4v) is 9.24. The number of ether oxygens (including phenoxy) is 2. The number of carbonyl (C=O) groups is 3. The van der Waals surface area contributed by atoms with Gasteiger partial charge in [0.15, 0.2) is 17.7 Å². The van der Waals surface area contributed by atoms with Crippen molar-refractivity contribution in [1.29, 1.82) is 0 Å². The monoisotopic (exact) mass is 558 g/mol. The number of benzene rings is 1. The quantitative estimate of drug-likeness (QED) is 0.386. The molecule has 40 heavy (non-hydrogen) atoms. The molecule has 0 saturated heterocycles. The number of hydrogen-bond donors (Lipinski definition) is 2. The van der Waals surface area contributed by atoms with Crippen LogP contribution in [0.4, 0.5) is 4.39 Å². The highest BCUT2D eigenvalue weighted by Crippen LogP contribution is 2.70. The Labute approximate surface area is 235 Å². The first-order valence-electron chi connectivity index (χ1n) is 14.4. The number of carboxylic acid groups (broad SMARTS) is 1. The van der Waals surface area contributed by atoms with Crippen molar-refractivity contribution in [3.63, 3.8) is 0 Å². The number of halogens is 1. The van der Waals surface area contributed by atoms with Crippen LogP contribution in [0, 0.1) is 45.7 Å². The lowest BCUT2D eigenvalue weighted by atomic mass is 9.41. The molecule has 0 spiro atoms. The Kier molecular flexibility index (Phi) is 7.45. The Morgan fingerprint density at radius 3 is 2.62 bits per heavy atom. The molecule has 1 unspecified atom stereocenters. The normalized spacial score (nSPS) is 39.6. The maximum Gasteiger partial charge on any atom is 0.494 e. The predicted octanol–water partition coefficient (Wildman–Crippen LogP) is 3.54. The molecule has 1 aliphatic heterocycles. The second kappa shape index (κ2) is 10.2. The largest absolute Gasteiger partial charge is 0.494 e. The molecule has 4 aliphatic rings. The maximum atomic E-state index is 15.6. The Hall–Kier alpha value is -2.30. The Morgan fingerprint density at radius 1 is 1.27 bits per heavy atom. The number of carbonyl (C=O) groups excluding carboxylic acids is 2. The van der Waals surface area contributed by atoms with E-state index >= 15 is 4.39 Å². The summed E-state index contributed by atoms with van der Waals surface area (Å²) >= 11 is 0. The minimum absolute atomic E-state index is 0.0314. The van der Waals surface area contributed by atoms with Gasteiger partial charge >= 0.3 is 13.1 Å². The van der Waals surface area contributed by atoms with Crippen molar-refractivity contribution in [2.45, 2.75) is 85.0 Å². The molecular formula is C30H40BFO8. The van der Waals surface area contributed by atoms with E-state index in [1.807, 2.05) is 6.92 Å². The molecule has 10 heteroatoms. The number of aldehydes is 1. The van der Waals surface area contributed by atoms with Crippen molar-refractivity contribution in [2.75, 3.05) is 7.11 Å². The lowest BCUT2D eigenvalue weighted by Crippen LogP contribution is -2.63. The molecule has 218 valence electrons. The van der Waals surface area contributed by atoms with Crippen LogP contribution in [0.5, 0.6) is 5.75 Å². The summed E-state index contributed by atoms with van der Waals surface area (Å²) in [6, 6.07) is 2.94. The maximum absolute atomic E-state index is 15.6. The molecule has 1 heterocycles. The first kappa shape index (κ1) is 29.2. The summed E-state index contributed by atoms with van der Waals surface area (Å²) in [6.45, 7) is 8.00. The third-order valence-corrected chi connectivity index (χ3v) is 11.6. The van der Waals surface area contributed by atoms with Gasteiger partial charge in [0.25, 0.3) is 0 Å². The van der Waals surface area contributed by atoms with Gasteiger partial charge in [-0.3, -0.25) is 4.79 Å². The lowest BCUT2D eigenvalue weighted by Gasteiger charge is -2.63. The van der Waals surface area contributed by atoms with Crippen LogP contribution in [0.3, 0.4) is 0 Å². The van der Waals surface area contributed by atoms with Gasteiger partial charge in [-0.05, 0) is 66.4 Å². The summed E-state index contributed by atoms with van der Waals surface area (Å²) in [5.41, 5.74) is -1.75. The topological polar surface area (TPSA) is 119 Å². The predicted molar refractivity (Wildman–Crippen MR) is 144 cm³/mol. The van der Waals surface area contributed by atoms with Crippen LogP contribution >= 0.6 is 0 Å². The summed E-state index contributed by atoms with van der Waals surface area (Å²) in [5, 5.41) is 20.8. The molecule has 2 bridgehead atoms. The van der Waals surface area contributed by atoms with E-state index in [1.54, 1.807) is 20.1 Å². The first-order valence-corrected chi connectivity index (χ1v) is 14.4. The summed E-state index contributed by atoms with van der Waals surface area (Å²) in [4.78, 5) is 39.2. The Morgan fingerprint density at radius 2 is 1.98 bits per heavy atom. The van der Waals surface area contributed by atoms with Crippen LogP contribution in [-0.4, -0.2) is 54.6 Å². The highest BCUT2D eigenvalue weighted by atomic mass is 19.1. The van der Waals surface area contributed by atoms with E-state index < -0.39 is 47.2 Å². The molecule has 1 aromatic carbocycles. The Bertz CT molecular complexity index is 1210. The van der Waals surface area contributed by atoms with Crippen molar-refractivity contribution < 1.29 is 43.0 Å². The zero-order valence-corrected chi connectivity index (χ0v) is 23.9. The van der Waals surface area contributed by atoms with E-state index in [4.69, 9.17) is 14.1 Å². The number of methoxy groups -OCH3 is 1. The smallest absolute Gasteiger partial charge is 0.478 e. The molecule has 3 saturated carbocycles. The third kappa shape index (κ3) is 4.08. The van der Waals surface area contributed by atoms with Gasteiger partial charge in [-0.15, -0.1) is 0 Å². The molecule has 0 radical (unpaired) electrons. The summed E-state index contributed by atoms with van der Waals surface area (Å²) < 4.78 is 32.9. The molecule has 8 nitrogen and oxygen atoms in total. The minimum atomic E-state index is -1.51. The van der Waals surface area contributed by atoms with Gasteiger partial charge < -0.3 is 29.1 Å². The van der Waals surface area contributed by atoms with Gasteiger partial charge in [0, 0.05) is 36.2 Å². The molecule has 1 aromatic rings. The number of rotatable bonds is 7. The van der Waals surface area contributed by atoms with E-state index in [0.717, 1.165) is 32.0 Å². The fourth-order valence-electron chi connectivity index (χ4n) is 9.24. The van der Waals surface area contributed by atoms with E-state index in [0.29, 0.717) is 5.56 Å². The van der Waals surface area contributed by atoms with Gasteiger partial charge in [-0.25, -0.2) is 9.18 Å². The van der Waals surface area contributed by atoms with Gasteiger partial charge in [0.05, 0.1) is 12.7 Å². The number of fused-ring (bicyclic) bond motifs is 1. The van der Waals surface area contributed by atoms with Crippen LogP contribution in [-0.2, 0) is 30.4 Å². The van der Waals surface area contributed by atoms with E-state index in [1.165, 1.54) is 6.07 Å². The van der Waals surface area contributed by atoms with Crippen LogP contribution < -0.4 is 10.2 Å². The third-order valence-electron chi connectivity index (χ3n) is 11.6. The van der Waals surface area contributed by atoms with Crippen molar-refractivity contribution in [2.24, 2.45) is 39.9 Å². The first-order chi connectivity index (χ1) is 18.9. The molecule has 9 atom stereocenters. The highest BCUT2D eigenvalue weighted by molar-refractivity contribution is 6.61. The Balaban J connectivity index is 1.69. The summed E-state index contributed by atoms with van der Waals surface area (Å²) in [5.74, 6) is -3.58. The standard InChI is InChI=1S/C30H40BFO8/c1-16-8-10-30-11-9-21(38-5)25(30)29(16,4)19(14-28(3,12-13-33)26(34)17(30)2)24(27(35)36)40-20-7-6-18-15-39-31(37)22(18)23(20)32/h6-7,13,16-17,19,21,24-25,37H,8-12,14-15H2,1-5H3,(H,35,36)/t16-,17+,19+,21-,24?,25-,28-,29-,30+/m1/s1. The van der Waals surface area contributed by atoms with E-state index in [2.05, 4.69) is 13.8 Å². The van der Waals surface area contributed by atoms with Crippen LogP contribution in [0.2, 0.25) is 0 Å². The average Bonchev–Trinajstić information content (AvgIpc) is 3.50.